The van der Waals surface area contributed by atoms with E-state index in [0.717, 1.165) is 25.4 Å². The van der Waals surface area contributed by atoms with Crippen molar-refractivity contribution in [2.24, 2.45) is 0 Å². The number of rotatable bonds is 7. The number of benzene rings is 1. The van der Waals surface area contributed by atoms with Gasteiger partial charge >= 0.3 is 0 Å². The molecule has 0 unspecified atom stereocenters. The topological polar surface area (TPSA) is 24.5 Å². The van der Waals surface area contributed by atoms with Crippen LogP contribution in [0.2, 0.25) is 0 Å². The van der Waals surface area contributed by atoms with Crippen LogP contribution in [0.5, 0.6) is 5.75 Å². The second-order valence-corrected chi connectivity index (χ2v) is 6.40. The molecule has 3 nitrogen and oxygen atoms in total. The fourth-order valence-electron chi connectivity index (χ4n) is 2.77. The fourth-order valence-corrected chi connectivity index (χ4v) is 2.77. The van der Waals surface area contributed by atoms with Gasteiger partial charge in [-0.3, -0.25) is 4.90 Å². The number of aryl methyl sites for hydroxylation is 1. The molecule has 0 bridgehead atoms. The molecule has 2 rings (SSSR count). The molecule has 1 fully saturated rings. The van der Waals surface area contributed by atoms with E-state index in [0.29, 0.717) is 6.04 Å². The van der Waals surface area contributed by atoms with E-state index in [9.17, 15) is 0 Å². The maximum Gasteiger partial charge on any atom is 0.123 e. The number of hydrogen-bond acceptors (Lipinski definition) is 3. The zero-order valence-corrected chi connectivity index (χ0v) is 13.8. The van der Waals surface area contributed by atoms with Crippen LogP contribution in [-0.4, -0.2) is 37.2 Å². The maximum absolute atomic E-state index is 6.05. The summed E-state index contributed by atoms with van der Waals surface area (Å²) in [7, 11) is 0. The Morgan fingerprint density at radius 2 is 1.95 bits per heavy atom. The van der Waals surface area contributed by atoms with Crippen molar-refractivity contribution in [3.05, 3.63) is 29.3 Å². The molecular weight excluding hydrogens is 260 g/mol. The van der Waals surface area contributed by atoms with Crippen molar-refractivity contribution < 1.29 is 4.74 Å². The van der Waals surface area contributed by atoms with Crippen molar-refractivity contribution in [1.82, 2.24) is 10.2 Å². The van der Waals surface area contributed by atoms with E-state index in [1.807, 2.05) is 0 Å². The SMILES string of the molecule is Cc1ccc(OCCN2CCCCC2)c(CNC(C)C)c1. The monoisotopic (exact) mass is 290 g/mol. The Morgan fingerprint density at radius 3 is 2.67 bits per heavy atom. The first-order valence-corrected chi connectivity index (χ1v) is 8.33. The van der Waals surface area contributed by atoms with Gasteiger partial charge in [0, 0.05) is 24.7 Å². The lowest BCUT2D eigenvalue weighted by molar-refractivity contribution is 0.182. The molecule has 1 N–H and O–H groups in total. The molecule has 1 aliphatic heterocycles. The van der Waals surface area contributed by atoms with Crippen LogP contribution < -0.4 is 10.1 Å². The van der Waals surface area contributed by atoms with Crippen molar-refractivity contribution in [2.75, 3.05) is 26.2 Å². The van der Waals surface area contributed by atoms with Crippen molar-refractivity contribution in [3.8, 4) is 5.75 Å². The molecule has 0 amide bonds. The third-order valence-electron chi connectivity index (χ3n) is 4.03. The second-order valence-electron chi connectivity index (χ2n) is 6.40. The van der Waals surface area contributed by atoms with Gasteiger partial charge in [-0.05, 0) is 38.9 Å². The number of ether oxygens (including phenoxy) is 1. The largest absolute Gasteiger partial charge is 0.492 e. The summed E-state index contributed by atoms with van der Waals surface area (Å²) < 4.78 is 6.05. The van der Waals surface area contributed by atoms with Gasteiger partial charge in [-0.15, -0.1) is 0 Å². The zero-order valence-electron chi connectivity index (χ0n) is 13.8. The lowest BCUT2D eigenvalue weighted by atomic mass is 10.1. The molecule has 3 heteroatoms. The molecule has 0 radical (unpaired) electrons. The molecule has 1 heterocycles. The van der Waals surface area contributed by atoms with Gasteiger partial charge in [-0.1, -0.05) is 38.0 Å². The number of hydrogen-bond donors (Lipinski definition) is 1. The first kappa shape index (κ1) is 16.3. The van der Waals surface area contributed by atoms with Gasteiger partial charge in [0.25, 0.3) is 0 Å². The van der Waals surface area contributed by atoms with Gasteiger partial charge in [0.1, 0.15) is 12.4 Å². The molecule has 0 spiro atoms. The average molecular weight is 290 g/mol. The summed E-state index contributed by atoms with van der Waals surface area (Å²) in [6.07, 6.45) is 4.07. The van der Waals surface area contributed by atoms with Crippen molar-refractivity contribution in [1.29, 1.82) is 0 Å². The van der Waals surface area contributed by atoms with E-state index < -0.39 is 0 Å². The minimum atomic E-state index is 0.492. The zero-order chi connectivity index (χ0) is 15.1. The molecule has 0 saturated carbocycles. The van der Waals surface area contributed by atoms with Crippen LogP contribution in [0.1, 0.15) is 44.2 Å². The first-order chi connectivity index (χ1) is 10.1. The standard InChI is InChI=1S/C18H30N2O/c1-15(2)19-14-17-13-16(3)7-8-18(17)21-12-11-20-9-5-4-6-10-20/h7-8,13,15,19H,4-6,9-12,14H2,1-3H3. The molecule has 0 atom stereocenters. The van der Waals surface area contributed by atoms with Crippen molar-refractivity contribution in [2.45, 2.75) is 52.6 Å². The Hall–Kier alpha value is -1.06. The van der Waals surface area contributed by atoms with Crippen LogP contribution in [0.25, 0.3) is 0 Å². The highest BCUT2D eigenvalue weighted by Crippen LogP contribution is 2.20. The Kier molecular flexibility index (Phi) is 6.52. The normalized spacial score (nSPS) is 16.4. The highest BCUT2D eigenvalue weighted by molar-refractivity contribution is 5.36. The minimum absolute atomic E-state index is 0.492. The quantitative estimate of drug-likeness (QED) is 0.833. The van der Waals surface area contributed by atoms with E-state index >= 15 is 0 Å². The van der Waals surface area contributed by atoms with Crippen molar-refractivity contribution in [3.63, 3.8) is 0 Å². The van der Waals surface area contributed by atoms with Crippen LogP contribution >= 0.6 is 0 Å². The maximum atomic E-state index is 6.05. The van der Waals surface area contributed by atoms with Crippen LogP contribution in [-0.2, 0) is 6.54 Å². The average Bonchev–Trinajstić information content (AvgIpc) is 2.48. The number of piperidine rings is 1. The summed E-state index contributed by atoms with van der Waals surface area (Å²) in [4.78, 5) is 2.52. The summed E-state index contributed by atoms with van der Waals surface area (Å²) >= 11 is 0. The van der Waals surface area contributed by atoms with Crippen LogP contribution in [0.15, 0.2) is 18.2 Å². The molecule has 0 aliphatic carbocycles. The summed E-state index contributed by atoms with van der Waals surface area (Å²) in [5.74, 6) is 1.03. The number of likely N-dealkylation sites (tertiary alicyclic amines) is 1. The molecule has 1 saturated heterocycles. The lowest BCUT2D eigenvalue weighted by Gasteiger charge is -2.26. The lowest BCUT2D eigenvalue weighted by Crippen LogP contribution is -2.33. The Bertz CT molecular complexity index is 425. The van der Waals surface area contributed by atoms with E-state index in [2.05, 4.69) is 49.2 Å². The predicted molar refractivity (Wildman–Crippen MR) is 88.9 cm³/mol. The van der Waals surface area contributed by atoms with Gasteiger partial charge in [0.15, 0.2) is 0 Å². The van der Waals surface area contributed by atoms with Crippen molar-refractivity contribution >= 4 is 0 Å². The number of nitrogens with zero attached hydrogens (tertiary/aromatic N) is 1. The van der Waals surface area contributed by atoms with E-state index in [1.165, 1.54) is 43.5 Å². The Balaban J connectivity index is 1.85. The third-order valence-corrected chi connectivity index (χ3v) is 4.03. The smallest absolute Gasteiger partial charge is 0.123 e. The molecule has 1 aliphatic rings. The van der Waals surface area contributed by atoms with E-state index in [4.69, 9.17) is 4.74 Å². The first-order valence-electron chi connectivity index (χ1n) is 8.33. The highest BCUT2D eigenvalue weighted by Gasteiger charge is 2.10. The van der Waals surface area contributed by atoms with Gasteiger partial charge in [-0.25, -0.2) is 0 Å². The molecule has 118 valence electrons. The second kappa shape index (κ2) is 8.40. The molecule has 21 heavy (non-hydrogen) atoms. The van der Waals surface area contributed by atoms with Gasteiger partial charge in [-0.2, -0.15) is 0 Å². The Morgan fingerprint density at radius 1 is 1.19 bits per heavy atom. The van der Waals surface area contributed by atoms with Gasteiger partial charge in [0.2, 0.25) is 0 Å². The summed E-state index contributed by atoms with van der Waals surface area (Å²) in [5.41, 5.74) is 2.56. The summed E-state index contributed by atoms with van der Waals surface area (Å²) in [6.45, 7) is 11.7. The Labute approximate surface area is 129 Å². The van der Waals surface area contributed by atoms with E-state index in [1.54, 1.807) is 0 Å². The van der Waals surface area contributed by atoms with Crippen LogP contribution in [0.4, 0.5) is 0 Å². The fraction of sp³-hybridized carbons (Fsp3) is 0.667. The third kappa shape index (κ3) is 5.68. The number of nitrogens with one attached hydrogen (secondary N) is 1. The molecular formula is C18H30N2O. The highest BCUT2D eigenvalue weighted by atomic mass is 16.5. The van der Waals surface area contributed by atoms with Crippen LogP contribution in [0, 0.1) is 6.92 Å². The van der Waals surface area contributed by atoms with Crippen LogP contribution in [0.3, 0.4) is 0 Å². The molecule has 1 aromatic rings. The van der Waals surface area contributed by atoms with Gasteiger partial charge < -0.3 is 10.1 Å². The summed E-state index contributed by atoms with van der Waals surface area (Å²) in [6, 6.07) is 6.97. The predicted octanol–water partition coefficient (Wildman–Crippen LogP) is 3.36. The van der Waals surface area contributed by atoms with Gasteiger partial charge in [0.05, 0.1) is 0 Å². The molecule has 0 aromatic heterocycles. The van der Waals surface area contributed by atoms with E-state index in [-0.39, 0.29) is 0 Å². The minimum Gasteiger partial charge on any atom is -0.492 e. The summed E-state index contributed by atoms with van der Waals surface area (Å²) in [5, 5.41) is 3.48. The molecule has 1 aromatic carbocycles.